The number of aryl methyl sites for hydroxylation is 1. The van der Waals surface area contributed by atoms with Crippen LogP contribution in [-0.4, -0.2) is 41.8 Å². The molecule has 1 aliphatic rings. The molecule has 2 aromatic rings. The molecule has 0 radical (unpaired) electrons. The summed E-state index contributed by atoms with van der Waals surface area (Å²) in [6, 6.07) is 3.00. The predicted octanol–water partition coefficient (Wildman–Crippen LogP) is 2.19. The molecule has 0 fully saturated rings. The van der Waals surface area contributed by atoms with Crippen molar-refractivity contribution in [3.05, 3.63) is 47.0 Å². The van der Waals surface area contributed by atoms with Gasteiger partial charge in [-0.25, -0.2) is 17.5 Å². The number of hydrogen-bond acceptors (Lipinski definition) is 5. The summed E-state index contributed by atoms with van der Waals surface area (Å²) in [6.45, 7) is 0.477. The first kappa shape index (κ1) is 23.7. The molecule has 13 heteroatoms. The van der Waals surface area contributed by atoms with Gasteiger partial charge in [0, 0.05) is 24.5 Å². The van der Waals surface area contributed by atoms with Gasteiger partial charge in [-0.3, -0.25) is 4.79 Å². The van der Waals surface area contributed by atoms with E-state index in [1.54, 1.807) is 6.07 Å². The van der Waals surface area contributed by atoms with Crippen molar-refractivity contribution >= 4 is 21.6 Å². The number of anilines is 1. The molecular weight excluding hydrogens is 456 g/mol. The maximum atomic E-state index is 13.5. The summed E-state index contributed by atoms with van der Waals surface area (Å²) in [5.74, 6) is -1.60. The van der Waals surface area contributed by atoms with Gasteiger partial charge in [0.05, 0.1) is 11.6 Å². The molecule has 2 atom stereocenters. The topological polar surface area (TPSA) is 124 Å². The zero-order valence-electron chi connectivity index (χ0n) is 16.8. The monoisotopic (exact) mass is 474 g/mol. The van der Waals surface area contributed by atoms with E-state index in [0.717, 1.165) is 18.3 Å². The maximum Gasteiger partial charge on any atom is 0.418 e. The molecule has 1 amide bonds. The fourth-order valence-electron chi connectivity index (χ4n) is 3.49. The third kappa shape index (κ3) is 4.08. The van der Waals surface area contributed by atoms with Gasteiger partial charge in [0.2, 0.25) is 10.0 Å². The molecule has 3 rings (SSSR count). The van der Waals surface area contributed by atoms with E-state index in [4.69, 9.17) is 5.26 Å². The summed E-state index contributed by atoms with van der Waals surface area (Å²) in [7, 11) is -3.12. The standard InChI is InChI=1S/C19H18F4N4O4S/c1-18(29,19(21,22)23)15-6-4-12-14(32(30,31)26-15)9-27(2)16(12)17(28)25-11-3-5-13(20)10(7-11)8-24/h3,5,7,9,15,26,29H,4,6H2,1-2H3,(H,25,28). The number of nitrogens with one attached hydrogen (secondary N) is 2. The number of carbonyl (C=O) groups excluding carboxylic acids is 1. The van der Waals surface area contributed by atoms with Crippen molar-refractivity contribution in [1.82, 2.24) is 9.29 Å². The fraction of sp³-hybridized carbons (Fsp3) is 0.368. The van der Waals surface area contributed by atoms with Crippen LogP contribution in [0.3, 0.4) is 0 Å². The number of aromatic nitrogens is 1. The SMILES string of the molecule is Cn1cc2c(c1C(=O)Nc1ccc(F)c(C#N)c1)CCC(C(C)(O)C(F)(F)F)NS2(=O)=O. The van der Waals surface area contributed by atoms with Gasteiger partial charge in [-0.15, -0.1) is 0 Å². The number of benzene rings is 1. The zero-order chi connectivity index (χ0) is 24.1. The number of carbonyl (C=O) groups is 1. The van der Waals surface area contributed by atoms with Crippen LogP contribution in [0.25, 0.3) is 0 Å². The lowest BCUT2D eigenvalue weighted by atomic mass is 9.91. The molecule has 1 aromatic carbocycles. The van der Waals surface area contributed by atoms with Crippen molar-refractivity contribution in [2.75, 3.05) is 5.32 Å². The average Bonchev–Trinajstić information content (AvgIpc) is 2.96. The zero-order valence-corrected chi connectivity index (χ0v) is 17.6. The Kier molecular flexibility index (Phi) is 5.83. The second kappa shape index (κ2) is 7.88. The first-order valence-electron chi connectivity index (χ1n) is 9.19. The minimum absolute atomic E-state index is 0.0272. The van der Waals surface area contributed by atoms with Gasteiger partial charge in [-0.05, 0) is 38.0 Å². The van der Waals surface area contributed by atoms with Crippen LogP contribution in [0.2, 0.25) is 0 Å². The quantitative estimate of drug-likeness (QED) is 0.589. The van der Waals surface area contributed by atoms with Gasteiger partial charge in [0.1, 0.15) is 22.5 Å². The fourth-order valence-corrected chi connectivity index (χ4v) is 5.16. The number of halogens is 4. The highest BCUT2D eigenvalue weighted by Crippen LogP contribution is 2.37. The number of aliphatic hydroxyl groups is 1. The molecule has 2 unspecified atom stereocenters. The Hall–Kier alpha value is -2.95. The largest absolute Gasteiger partial charge is 0.418 e. The Morgan fingerprint density at radius 2 is 2.03 bits per heavy atom. The molecule has 0 saturated carbocycles. The summed E-state index contributed by atoms with van der Waals surface area (Å²) < 4.78 is 81.8. The minimum atomic E-state index is -5.10. The van der Waals surface area contributed by atoms with E-state index in [-0.39, 0.29) is 33.8 Å². The predicted molar refractivity (Wildman–Crippen MR) is 104 cm³/mol. The van der Waals surface area contributed by atoms with Crippen LogP contribution in [0, 0.1) is 17.1 Å². The molecule has 172 valence electrons. The van der Waals surface area contributed by atoms with Crippen LogP contribution in [0.15, 0.2) is 29.3 Å². The molecule has 0 saturated heterocycles. The van der Waals surface area contributed by atoms with Crippen LogP contribution < -0.4 is 10.0 Å². The number of sulfonamides is 1. The number of nitriles is 1. The Balaban J connectivity index is 1.98. The van der Waals surface area contributed by atoms with Crippen molar-refractivity contribution in [2.24, 2.45) is 7.05 Å². The van der Waals surface area contributed by atoms with E-state index in [9.17, 15) is 35.9 Å². The molecule has 1 aromatic heterocycles. The number of hydrogen-bond donors (Lipinski definition) is 3. The average molecular weight is 474 g/mol. The Morgan fingerprint density at radius 3 is 2.62 bits per heavy atom. The van der Waals surface area contributed by atoms with Crippen molar-refractivity contribution in [2.45, 2.75) is 42.5 Å². The summed E-state index contributed by atoms with van der Waals surface area (Å²) in [5, 5.41) is 21.3. The van der Waals surface area contributed by atoms with Gasteiger partial charge >= 0.3 is 6.18 Å². The summed E-state index contributed by atoms with van der Waals surface area (Å²) >= 11 is 0. The van der Waals surface area contributed by atoms with E-state index < -0.39 is 46.0 Å². The van der Waals surface area contributed by atoms with E-state index in [2.05, 4.69) is 5.32 Å². The molecule has 0 spiro atoms. The second-order valence-corrected chi connectivity index (χ2v) is 9.23. The molecule has 32 heavy (non-hydrogen) atoms. The highest BCUT2D eigenvalue weighted by atomic mass is 32.2. The van der Waals surface area contributed by atoms with Crippen LogP contribution >= 0.6 is 0 Å². The van der Waals surface area contributed by atoms with Crippen LogP contribution in [0.1, 0.15) is 35.0 Å². The van der Waals surface area contributed by atoms with E-state index in [1.807, 2.05) is 4.72 Å². The van der Waals surface area contributed by atoms with Crippen LogP contribution in [0.4, 0.5) is 23.2 Å². The van der Waals surface area contributed by atoms with E-state index >= 15 is 0 Å². The highest BCUT2D eigenvalue weighted by Gasteiger charge is 2.56. The number of amides is 1. The lowest BCUT2D eigenvalue weighted by molar-refractivity contribution is -0.261. The van der Waals surface area contributed by atoms with Gasteiger partial charge in [-0.1, -0.05) is 0 Å². The summed E-state index contributed by atoms with van der Waals surface area (Å²) in [5.41, 5.74) is -3.76. The molecule has 0 bridgehead atoms. The van der Waals surface area contributed by atoms with Gasteiger partial charge in [0.15, 0.2) is 5.60 Å². The third-order valence-electron chi connectivity index (χ3n) is 5.33. The number of rotatable bonds is 3. The van der Waals surface area contributed by atoms with Crippen molar-refractivity contribution in [3.63, 3.8) is 0 Å². The molecule has 8 nitrogen and oxygen atoms in total. The smallest absolute Gasteiger partial charge is 0.379 e. The third-order valence-corrected chi connectivity index (χ3v) is 6.85. The first-order valence-corrected chi connectivity index (χ1v) is 10.7. The van der Waals surface area contributed by atoms with E-state index in [1.165, 1.54) is 17.7 Å². The lowest BCUT2D eigenvalue weighted by Gasteiger charge is -2.34. The number of fused-ring (bicyclic) bond motifs is 1. The highest BCUT2D eigenvalue weighted by molar-refractivity contribution is 7.89. The van der Waals surface area contributed by atoms with Crippen molar-refractivity contribution in [3.8, 4) is 6.07 Å². The molecule has 0 aliphatic carbocycles. The lowest BCUT2D eigenvalue weighted by Crippen LogP contribution is -2.58. The van der Waals surface area contributed by atoms with Gasteiger partial charge in [0.25, 0.3) is 5.91 Å². The normalized spacial score (nSPS) is 19.9. The molecule has 2 heterocycles. The molecule has 3 N–H and O–H groups in total. The van der Waals surface area contributed by atoms with Crippen molar-refractivity contribution in [1.29, 1.82) is 5.26 Å². The number of nitrogens with zero attached hydrogens (tertiary/aromatic N) is 2. The first-order chi connectivity index (χ1) is 14.7. The Morgan fingerprint density at radius 1 is 1.38 bits per heavy atom. The molecular formula is C19H18F4N4O4S. The van der Waals surface area contributed by atoms with Gasteiger partial charge < -0.3 is 15.0 Å². The molecule has 1 aliphatic heterocycles. The van der Waals surface area contributed by atoms with E-state index in [0.29, 0.717) is 6.92 Å². The second-order valence-electron chi connectivity index (χ2n) is 7.55. The number of alkyl halides is 3. The maximum absolute atomic E-state index is 13.5. The minimum Gasteiger partial charge on any atom is -0.379 e. The Bertz CT molecular complexity index is 1230. The summed E-state index contributed by atoms with van der Waals surface area (Å²) in [4.78, 5) is 12.5. The van der Waals surface area contributed by atoms with Crippen LogP contribution in [-0.2, 0) is 23.5 Å². The van der Waals surface area contributed by atoms with Crippen LogP contribution in [0.5, 0.6) is 0 Å². The van der Waals surface area contributed by atoms with Crippen molar-refractivity contribution < 1.29 is 35.9 Å². The summed E-state index contributed by atoms with van der Waals surface area (Å²) in [6.07, 6.45) is -4.70. The van der Waals surface area contributed by atoms with Gasteiger partial charge in [-0.2, -0.15) is 18.4 Å². The Labute approximate surface area is 180 Å².